The minimum absolute atomic E-state index is 0.124. The largest absolute Gasteiger partial charge is 0.367 e. The molecule has 0 bridgehead atoms. The third-order valence-electron chi connectivity index (χ3n) is 4.27. The summed E-state index contributed by atoms with van der Waals surface area (Å²) in [6.45, 7) is 8.85. The second-order valence-corrected chi connectivity index (χ2v) is 6.56. The first kappa shape index (κ1) is 15.5. The van der Waals surface area contributed by atoms with E-state index in [2.05, 4.69) is 56.4 Å². The van der Waals surface area contributed by atoms with Gasteiger partial charge in [-0.2, -0.15) is 0 Å². The number of hydrogen-bond acceptors (Lipinski definition) is 2. The van der Waals surface area contributed by atoms with E-state index in [0.717, 1.165) is 25.4 Å². The average molecular weight is 275 g/mol. The highest BCUT2D eigenvalue weighted by atomic mass is 16.5. The number of ether oxygens (including phenoxy) is 1. The zero-order chi connectivity index (χ0) is 14.4. The maximum atomic E-state index is 6.43. The van der Waals surface area contributed by atoms with E-state index in [1.165, 1.54) is 24.8 Å². The molecule has 1 saturated carbocycles. The normalized spacial score (nSPS) is 18.8. The van der Waals surface area contributed by atoms with Gasteiger partial charge in [0.05, 0.1) is 11.7 Å². The van der Waals surface area contributed by atoms with Crippen LogP contribution >= 0.6 is 0 Å². The van der Waals surface area contributed by atoms with Crippen molar-refractivity contribution in [1.29, 1.82) is 0 Å². The van der Waals surface area contributed by atoms with Gasteiger partial charge in [-0.15, -0.1) is 0 Å². The Kier molecular flexibility index (Phi) is 5.62. The Morgan fingerprint density at radius 2 is 1.85 bits per heavy atom. The molecule has 0 heterocycles. The molecule has 1 N–H and O–H groups in total. The summed E-state index contributed by atoms with van der Waals surface area (Å²) in [4.78, 5) is 0. The molecule has 2 nitrogen and oxygen atoms in total. The number of nitrogens with one attached hydrogen (secondary N) is 1. The van der Waals surface area contributed by atoms with Crippen molar-refractivity contribution >= 4 is 0 Å². The number of benzene rings is 1. The SMILES string of the molecule is CC(C)CNCCC1(OC(C)c2ccccc2)CCC1. The zero-order valence-electron chi connectivity index (χ0n) is 13.2. The lowest BCUT2D eigenvalue weighted by Gasteiger charge is -2.44. The minimum atomic E-state index is 0.124. The number of rotatable bonds is 8. The van der Waals surface area contributed by atoms with Crippen LogP contribution in [0.3, 0.4) is 0 Å². The van der Waals surface area contributed by atoms with E-state index in [1.54, 1.807) is 0 Å². The summed E-state index contributed by atoms with van der Waals surface area (Å²) in [5.41, 5.74) is 1.41. The lowest BCUT2D eigenvalue weighted by Crippen LogP contribution is -2.43. The van der Waals surface area contributed by atoms with Gasteiger partial charge in [-0.05, 0) is 57.2 Å². The van der Waals surface area contributed by atoms with E-state index in [0.29, 0.717) is 0 Å². The third-order valence-corrected chi connectivity index (χ3v) is 4.27. The summed E-state index contributed by atoms with van der Waals surface area (Å²) in [5.74, 6) is 0.719. The van der Waals surface area contributed by atoms with Crippen LogP contribution in [0.4, 0.5) is 0 Å². The van der Waals surface area contributed by atoms with Crippen LogP contribution < -0.4 is 5.32 Å². The molecule has 2 heteroatoms. The van der Waals surface area contributed by atoms with E-state index in [-0.39, 0.29) is 11.7 Å². The van der Waals surface area contributed by atoms with Crippen LogP contribution in [-0.4, -0.2) is 18.7 Å². The van der Waals surface area contributed by atoms with Gasteiger partial charge in [0, 0.05) is 0 Å². The first-order valence-electron chi connectivity index (χ1n) is 8.05. The van der Waals surface area contributed by atoms with E-state index >= 15 is 0 Å². The first-order valence-corrected chi connectivity index (χ1v) is 8.05. The van der Waals surface area contributed by atoms with Crippen molar-refractivity contribution < 1.29 is 4.74 Å². The van der Waals surface area contributed by atoms with Gasteiger partial charge in [-0.3, -0.25) is 0 Å². The average Bonchev–Trinajstić information content (AvgIpc) is 2.41. The molecule has 0 amide bonds. The summed E-state index contributed by atoms with van der Waals surface area (Å²) in [6, 6.07) is 10.6. The molecule has 1 aliphatic carbocycles. The molecule has 1 fully saturated rings. The van der Waals surface area contributed by atoms with Crippen molar-refractivity contribution in [3.8, 4) is 0 Å². The molecule has 20 heavy (non-hydrogen) atoms. The predicted octanol–water partition coefficient (Wildman–Crippen LogP) is 4.32. The molecule has 0 radical (unpaired) electrons. The topological polar surface area (TPSA) is 21.3 Å². The summed E-state index contributed by atoms with van der Waals surface area (Å²) >= 11 is 0. The highest BCUT2D eigenvalue weighted by Crippen LogP contribution is 2.41. The maximum absolute atomic E-state index is 6.43. The fraction of sp³-hybridized carbons (Fsp3) is 0.667. The van der Waals surface area contributed by atoms with Gasteiger partial charge < -0.3 is 10.1 Å². The van der Waals surface area contributed by atoms with Crippen molar-refractivity contribution in [1.82, 2.24) is 5.32 Å². The molecule has 2 rings (SSSR count). The van der Waals surface area contributed by atoms with Crippen LogP contribution in [0.15, 0.2) is 30.3 Å². The second kappa shape index (κ2) is 7.24. The highest BCUT2D eigenvalue weighted by Gasteiger charge is 2.38. The van der Waals surface area contributed by atoms with Crippen LogP contribution in [0, 0.1) is 5.92 Å². The Morgan fingerprint density at radius 1 is 1.15 bits per heavy atom. The van der Waals surface area contributed by atoms with Crippen LogP contribution in [0.5, 0.6) is 0 Å². The number of hydrogen-bond donors (Lipinski definition) is 1. The Bertz CT molecular complexity index is 384. The van der Waals surface area contributed by atoms with Crippen molar-refractivity contribution in [2.75, 3.05) is 13.1 Å². The van der Waals surface area contributed by atoms with E-state index < -0.39 is 0 Å². The summed E-state index contributed by atoms with van der Waals surface area (Å²) in [7, 11) is 0. The van der Waals surface area contributed by atoms with Crippen LogP contribution in [0.25, 0.3) is 0 Å². The van der Waals surface area contributed by atoms with Gasteiger partial charge in [0.15, 0.2) is 0 Å². The molecule has 1 aromatic rings. The summed E-state index contributed by atoms with van der Waals surface area (Å²) in [5, 5.41) is 3.54. The predicted molar refractivity (Wildman–Crippen MR) is 84.8 cm³/mol. The molecule has 1 unspecified atom stereocenters. The van der Waals surface area contributed by atoms with Gasteiger partial charge in [-0.25, -0.2) is 0 Å². The third kappa shape index (κ3) is 4.32. The molecule has 0 saturated heterocycles. The Labute approximate surface area is 123 Å². The van der Waals surface area contributed by atoms with Gasteiger partial charge in [-0.1, -0.05) is 44.2 Å². The molecule has 1 aliphatic rings. The monoisotopic (exact) mass is 275 g/mol. The Hall–Kier alpha value is -0.860. The standard InChI is InChI=1S/C18H29NO/c1-15(2)14-19-13-12-18(10-7-11-18)20-16(3)17-8-5-4-6-9-17/h4-6,8-9,15-16,19H,7,10-14H2,1-3H3. The summed E-state index contributed by atoms with van der Waals surface area (Å²) < 4.78 is 6.43. The lowest BCUT2D eigenvalue weighted by atomic mass is 9.77. The zero-order valence-corrected chi connectivity index (χ0v) is 13.2. The fourth-order valence-corrected chi connectivity index (χ4v) is 2.87. The molecule has 1 aromatic carbocycles. The van der Waals surface area contributed by atoms with Crippen LogP contribution in [0.2, 0.25) is 0 Å². The smallest absolute Gasteiger partial charge is 0.0804 e. The van der Waals surface area contributed by atoms with Gasteiger partial charge in [0.2, 0.25) is 0 Å². The van der Waals surface area contributed by atoms with E-state index in [9.17, 15) is 0 Å². The van der Waals surface area contributed by atoms with Crippen molar-refractivity contribution in [3.63, 3.8) is 0 Å². The highest BCUT2D eigenvalue weighted by molar-refractivity contribution is 5.17. The van der Waals surface area contributed by atoms with Gasteiger partial charge in [0.1, 0.15) is 0 Å². The molecule has 112 valence electrons. The van der Waals surface area contributed by atoms with Gasteiger partial charge in [0.25, 0.3) is 0 Å². The molecular formula is C18H29NO. The van der Waals surface area contributed by atoms with Crippen molar-refractivity contribution in [2.45, 2.75) is 58.2 Å². The second-order valence-electron chi connectivity index (χ2n) is 6.56. The molecular weight excluding hydrogens is 246 g/mol. The van der Waals surface area contributed by atoms with Crippen molar-refractivity contribution in [3.05, 3.63) is 35.9 Å². The van der Waals surface area contributed by atoms with Gasteiger partial charge >= 0.3 is 0 Å². The first-order chi connectivity index (χ1) is 9.61. The molecule has 0 aliphatic heterocycles. The molecule has 1 atom stereocenters. The van der Waals surface area contributed by atoms with Crippen LogP contribution in [0.1, 0.15) is 58.1 Å². The molecule has 0 aromatic heterocycles. The van der Waals surface area contributed by atoms with E-state index in [4.69, 9.17) is 4.74 Å². The summed E-state index contributed by atoms with van der Waals surface area (Å²) in [6.07, 6.45) is 5.07. The maximum Gasteiger partial charge on any atom is 0.0804 e. The lowest BCUT2D eigenvalue weighted by molar-refractivity contribution is -0.139. The van der Waals surface area contributed by atoms with Crippen LogP contribution in [-0.2, 0) is 4.74 Å². The Morgan fingerprint density at radius 3 is 2.40 bits per heavy atom. The minimum Gasteiger partial charge on any atom is -0.367 e. The quantitative estimate of drug-likeness (QED) is 0.713. The van der Waals surface area contributed by atoms with E-state index in [1.807, 2.05) is 0 Å². The fourth-order valence-electron chi connectivity index (χ4n) is 2.87. The Balaban J connectivity index is 1.82. The van der Waals surface area contributed by atoms with Crippen molar-refractivity contribution in [2.24, 2.45) is 5.92 Å². The molecule has 0 spiro atoms.